The lowest BCUT2D eigenvalue weighted by Gasteiger charge is -2.12. The van der Waals surface area contributed by atoms with Crippen LogP contribution in [0.15, 0.2) is 36.4 Å². The number of carbonyl (C=O) groups excluding carboxylic acids is 1. The van der Waals surface area contributed by atoms with E-state index < -0.39 is 0 Å². The summed E-state index contributed by atoms with van der Waals surface area (Å²) in [5.74, 6) is -0.318. The van der Waals surface area contributed by atoms with E-state index in [4.69, 9.17) is 4.74 Å². The molecule has 0 atom stereocenters. The molecule has 0 aliphatic carbocycles. The Balaban J connectivity index is 2.19. The summed E-state index contributed by atoms with van der Waals surface area (Å²) in [5, 5.41) is 3.32. The second-order valence-electron chi connectivity index (χ2n) is 5.31. The van der Waals surface area contributed by atoms with E-state index in [9.17, 15) is 4.79 Å². The van der Waals surface area contributed by atoms with Gasteiger partial charge in [0.25, 0.3) is 0 Å². The first-order chi connectivity index (χ1) is 10.0. The van der Waals surface area contributed by atoms with Gasteiger partial charge in [0.1, 0.15) is 0 Å². The molecule has 0 radical (unpaired) electrons. The Kier molecular flexibility index (Phi) is 4.63. The molecular weight excluding hydrogens is 262 g/mol. The average molecular weight is 283 g/mol. The molecule has 2 rings (SSSR count). The van der Waals surface area contributed by atoms with Crippen molar-refractivity contribution in [1.29, 1.82) is 0 Å². The van der Waals surface area contributed by atoms with Crippen molar-refractivity contribution in [3.8, 4) is 0 Å². The highest BCUT2D eigenvalue weighted by Gasteiger charge is 2.11. The van der Waals surface area contributed by atoms with E-state index in [-0.39, 0.29) is 5.97 Å². The largest absolute Gasteiger partial charge is 0.465 e. The fourth-order valence-electron chi connectivity index (χ4n) is 2.20. The number of anilines is 1. The van der Waals surface area contributed by atoms with Crippen LogP contribution in [0.5, 0.6) is 0 Å². The molecule has 0 aliphatic rings. The first-order valence-electron chi connectivity index (χ1n) is 7.00. The third-order valence-corrected chi connectivity index (χ3v) is 3.63. The maximum Gasteiger partial charge on any atom is 0.339 e. The molecule has 0 fully saturated rings. The van der Waals surface area contributed by atoms with Crippen molar-refractivity contribution >= 4 is 11.7 Å². The fraction of sp³-hybridized carbons (Fsp3) is 0.278. The van der Waals surface area contributed by atoms with Gasteiger partial charge in [0.2, 0.25) is 0 Å². The Bertz CT molecular complexity index is 662. The minimum absolute atomic E-state index is 0.318. The molecule has 0 bridgehead atoms. The smallest absolute Gasteiger partial charge is 0.339 e. The minimum atomic E-state index is -0.318. The molecule has 0 saturated heterocycles. The lowest BCUT2D eigenvalue weighted by atomic mass is 10.1. The molecule has 0 aliphatic heterocycles. The van der Waals surface area contributed by atoms with Crippen molar-refractivity contribution in [3.63, 3.8) is 0 Å². The van der Waals surface area contributed by atoms with Gasteiger partial charge in [-0.3, -0.25) is 0 Å². The molecule has 0 aromatic heterocycles. The van der Waals surface area contributed by atoms with Crippen LogP contribution in [-0.4, -0.2) is 13.1 Å². The monoisotopic (exact) mass is 283 g/mol. The zero-order valence-corrected chi connectivity index (χ0v) is 13.0. The van der Waals surface area contributed by atoms with Crippen molar-refractivity contribution in [2.45, 2.75) is 27.3 Å². The van der Waals surface area contributed by atoms with Crippen LogP contribution in [0, 0.1) is 20.8 Å². The number of benzene rings is 2. The fourth-order valence-corrected chi connectivity index (χ4v) is 2.20. The number of rotatable bonds is 4. The van der Waals surface area contributed by atoms with Gasteiger partial charge < -0.3 is 10.1 Å². The normalized spacial score (nSPS) is 10.3. The summed E-state index contributed by atoms with van der Waals surface area (Å²) in [6.07, 6.45) is 0. The van der Waals surface area contributed by atoms with Crippen LogP contribution in [0.3, 0.4) is 0 Å². The molecule has 3 heteroatoms. The van der Waals surface area contributed by atoms with E-state index in [1.807, 2.05) is 25.1 Å². The zero-order valence-electron chi connectivity index (χ0n) is 13.0. The summed E-state index contributed by atoms with van der Waals surface area (Å²) in [7, 11) is 1.40. The van der Waals surface area contributed by atoms with Crippen LogP contribution >= 0.6 is 0 Å². The maximum atomic E-state index is 11.8. The van der Waals surface area contributed by atoms with Gasteiger partial charge in [0.05, 0.1) is 12.7 Å². The minimum Gasteiger partial charge on any atom is -0.465 e. The molecule has 2 aromatic carbocycles. The predicted molar refractivity (Wildman–Crippen MR) is 85.8 cm³/mol. The van der Waals surface area contributed by atoms with E-state index in [1.54, 1.807) is 0 Å². The van der Waals surface area contributed by atoms with Crippen LogP contribution in [-0.2, 0) is 11.3 Å². The van der Waals surface area contributed by atoms with Crippen molar-refractivity contribution in [1.82, 2.24) is 0 Å². The number of ether oxygens (including phenoxy) is 1. The molecule has 3 nitrogen and oxygen atoms in total. The molecular formula is C18H21NO2. The molecule has 0 saturated carbocycles. The number of hydrogen-bond acceptors (Lipinski definition) is 3. The Morgan fingerprint density at radius 3 is 2.48 bits per heavy atom. The highest BCUT2D eigenvalue weighted by Crippen LogP contribution is 2.20. The number of methoxy groups -OCH3 is 1. The van der Waals surface area contributed by atoms with E-state index in [0.29, 0.717) is 12.1 Å². The number of aryl methyl sites for hydroxylation is 3. The lowest BCUT2D eigenvalue weighted by Crippen LogP contribution is -2.08. The van der Waals surface area contributed by atoms with Gasteiger partial charge in [-0.2, -0.15) is 0 Å². The topological polar surface area (TPSA) is 38.3 Å². The zero-order chi connectivity index (χ0) is 15.4. The predicted octanol–water partition coefficient (Wildman–Crippen LogP) is 4.01. The Morgan fingerprint density at radius 2 is 1.81 bits per heavy atom. The SMILES string of the molecule is COC(=O)c1cc(C)ccc1NCc1ccc(C)c(C)c1. The molecule has 0 spiro atoms. The molecule has 0 unspecified atom stereocenters. The van der Waals surface area contributed by atoms with Crippen LogP contribution < -0.4 is 5.32 Å². The van der Waals surface area contributed by atoms with Crippen LogP contribution in [0.2, 0.25) is 0 Å². The van der Waals surface area contributed by atoms with Gasteiger partial charge in [0, 0.05) is 12.2 Å². The van der Waals surface area contributed by atoms with Gasteiger partial charge in [-0.15, -0.1) is 0 Å². The molecule has 21 heavy (non-hydrogen) atoms. The second kappa shape index (κ2) is 6.44. The van der Waals surface area contributed by atoms with Crippen LogP contribution in [0.4, 0.5) is 5.69 Å². The summed E-state index contributed by atoms with van der Waals surface area (Å²) in [5.41, 5.74) is 6.14. The molecule has 0 heterocycles. The van der Waals surface area contributed by atoms with Crippen LogP contribution in [0.1, 0.15) is 32.6 Å². The van der Waals surface area contributed by atoms with Gasteiger partial charge in [-0.05, 0) is 49.6 Å². The van der Waals surface area contributed by atoms with Crippen molar-refractivity contribution in [2.75, 3.05) is 12.4 Å². The van der Waals surface area contributed by atoms with Crippen molar-refractivity contribution in [3.05, 3.63) is 64.2 Å². The third-order valence-electron chi connectivity index (χ3n) is 3.63. The standard InChI is InChI=1S/C18H21NO2/c1-12-5-8-17(16(9-12)18(20)21-4)19-11-15-7-6-13(2)14(3)10-15/h5-10,19H,11H2,1-4H3. The molecule has 0 amide bonds. The maximum absolute atomic E-state index is 11.8. The molecule has 110 valence electrons. The van der Waals surface area contributed by atoms with Gasteiger partial charge >= 0.3 is 5.97 Å². The molecule has 2 aromatic rings. The summed E-state index contributed by atoms with van der Waals surface area (Å²) < 4.78 is 4.84. The number of esters is 1. The van der Waals surface area contributed by atoms with E-state index in [1.165, 1.54) is 23.8 Å². The highest BCUT2D eigenvalue weighted by molar-refractivity contribution is 5.95. The van der Waals surface area contributed by atoms with E-state index >= 15 is 0 Å². The Hall–Kier alpha value is -2.29. The second-order valence-corrected chi connectivity index (χ2v) is 5.31. The first-order valence-corrected chi connectivity index (χ1v) is 7.00. The van der Waals surface area contributed by atoms with Crippen molar-refractivity contribution in [2.24, 2.45) is 0 Å². The lowest BCUT2D eigenvalue weighted by molar-refractivity contribution is 0.0601. The van der Waals surface area contributed by atoms with Gasteiger partial charge in [-0.1, -0.05) is 29.8 Å². The van der Waals surface area contributed by atoms with Gasteiger partial charge in [0.15, 0.2) is 0 Å². The van der Waals surface area contributed by atoms with E-state index in [0.717, 1.165) is 11.3 Å². The Morgan fingerprint density at radius 1 is 1.05 bits per heavy atom. The summed E-state index contributed by atoms with van der Waals surface area (Å²) in [6.45, 7) is 6.83. The van der Waals surface area contributed by atoms with Crippen molar-refractivity contribution < 1.29 is 9.53 Å². The van der Waals surface area contributed by atoms with Gasteiger partial charge in [-0.25, -0.2) is 4.79 Å². The van der Waals surface area contributed by atoms with Crippen LogP contribution in [0.25, 0.3) is 0 Å². The first kappa shape index (κ1) is 15.1. The summed E-state index contributed by atoms with van der Waals surface area (Å²) in [6, 6.07) is 12.1. The quantitative estimate of drug-likeness (QED) is 0.862. The average Bonchev–Trinajstić information content (AvgIpc) is 2.48. The summed E-state index contributed by atoms with van der Waals surface area (Å²) >= 11 is 0. The Labute approximate surface area is 126 Å². The number of hydrogen-bond donors (Lipinski definition) is 1. The highest BCUT2D eigenvalue weighted by atomic mass is 16.5. The number of nitrogens with one attached hydrogen (secondary N) is 1. The third kappa shape index (κ3) is 3.63. The number of carbonyl (C=O) groups is 1. The molecule has 1 N–H and O–H groups in total. The van der Waals surface area contributed by atoms with E-state index in [2.05, 4.69) is 37.4 Å². The summed E-state index contributed by atoms with van der Waals surface area (Å²) in [4.78, 5) is 11.8.